The highest BCUT2D eigenvalue weighted by Gasteiger charge is 2.55. The van der Waals surface area contributed by atoms with Crippen molar-refractivity contribution in [2.75, 3.05) is 0 Å². The average molecular weight is 395 g/mol. The van der Waals surface area contributed by atoms with E-state index in [9.17, 15) is 9.90 Å². The molecule has 3 nitrogen and oxygen atoms in total. The molecule has 1 heterocycles. The zero-order valence-electron chi connectivity index (χ0n) is 14.3. The van der Waals surface area contributed by atoms with E-state index in [1.165, 1.54) is 0 Å². The number of cyclic esters (lactones) is 1. The predicted molar refractivity (Wildman–Crippen MR) is 108 cm³/mol. The first-order valence-corrected chi connectivity index (χ1v) is 10.7. The molecule has 5 heteroatoms. The highest BCUT2D eigenvalue weighted by atomic mass is 35.5. The first kappa shape index (κ1) is 17.9. The van der Waals surface area contributed by atoms with Gasteiger partial charge in [-0.15, -0.1) is 0 Å². The van der Waals surface area contributed by atoms with E-state index in [0.717, 1.165) is 15.9 Å². The minimum absolute atomic E-state index is 0.0973. The molecule has 0 spiro atoms. The molecule has 0 aliphatic carbocycles. The third-order valence-electron chi connectivity index (χ3n) is 4.63. The van der Waals surface area contributed by atoms with Crippen LogP contribution in [-0.2, 0) is 9.53 Å². The Morgan fingerprint density at radius 2 is 1.11 bits per heavy atom. The molecule has 0 N–H and O–H groups in total. The van der Waals surface area contributed by atoms with Crippen LogP contribution in [-0.4, -0.2) is 12.3 Å². The normalized spacial score (nSPS) is 17.1. The van der Waals surface area contributed by atoms with Gasteiger partial charge in [0.15, 0.2) is 5.03 Å². The lowest BCUT2D eigenvalue weighted by Crippen LogP contribution is -2.39. The van der Waals surface area contributed by atoms with E-state index in [0.29, 0.717) is 5.31 Å². The lowest BCUT2D eigenvalue weighted by atomic mass is 10.3. The Hall–Kier alpha value is -2.45. The summed E-state index contributed by atoms with van der Waals surface area (Å²) >= 11 is 6.39. The zero-order valence-corrected chi connectivity index (χ0v) is 15.9. The first-order chi connectivity index (χ1) is 13.2. The SMILES string of the molecule is O=C1OC([O-])C([P+](c2ccccc2)(c2ccccc2)c2ccccc2)=C1Cl. The molecule has 0 fully saturated rings. The molecule has 1 aliphatic rings. The van der Waals surface area contributed by atoms with Crippen molar-refractivity contribution < 1.29 is 14.6 Å². The minimum Gasteiger partial charge on any atom is -0.815 e. The number of rotatable bonds is 4. The minimum atomic E-state index is -2.66. The molecule has 1 unspecified atom stereocenters. The van der Waals surface area contributed by atoms with Gasteiger partial charge < -0.3 is 9.84 Å². The molecular formula is C22H16ClO3P. The van der Waals surface area contributed by atoms with Crippen molar-refractivity contribution in [3.8, 4) is 0 Å². The van der Waals surface area contributed by atoms with Crippen molar-refractivity contribution in [1.82, 2.24) is 0 Å². The van der Waals surface area contributed by atoms with E-state index in [4.69, 9.17) is 16.3 Å². The molecule has 134 valence electrons. The topological polar surface area (TPSA) is 49.4 Å². The van der Waals surface area contributed by atoms with Crippen LogP contribution in [0.3, 0.4) is 0 Å². The highest BCUT2D eigenvalue weighted by Crippen LogP contribution is 2.65. The Balaban J connectivity index is 2.16. The van der Waals surface area contributed by atoms with Gasteiger partial charge >= 0.3 is 5.97 Å². The van der Waals surface area contributed by atoms with Gasteiger partial charge in [-0.3, -0.25) is 0 Å². The van der Waals surface area contributed by atoms with Crippen molar-refractivity contribution in [2.24, 2.45) is 0 Å². The van der Waals surface area contributed by atoms with Gasteiger partial charge in [0.25, 0.3) is 0 Å². The van der Waals surface area contributed by atoms with Crippen molar-refractivity contribution in [2.45, 2.75) is 6.29 Å². The van der Waals surface area contributed by atoms with Crippen LogP contribution < -0.4 is 21.0 Å². The zero-order chi connectivity index (χ0) is 18.9. The van der Waals surface area contributed by atoms with Crippen LogP contribution in [0.1, 0.15) is 0 Å². The Morgan fingerprint density at radius 3 is 1.41 bits per heavy atom. The number of esters is 1. The smallest absolute Gasteiger partial charge is 0.353 e. The molecule has 0 radical (unpaired) electrons. The van der Waals surface area contributed by atoms with Crippen LogP contribution in [0.4, 0.5) is 0 Å². The summed E-state index contributed by atoms with van der Waals surface area (Å²) in [6.07, 6.45) is -1.63. The predicted octanol–water partition coefficient (Wildman–Crippen LogP) is 2.67. The maximum atomic E-state index is 12.9. The molecule has 0 aromatic heterocycles. The van der Waals surface area contributed by atoms with Gasteiger partial charge in [0.2, 0.25) is 0 Å². The molecule has 1 atom stereocenters. The fourth-order valence-corrected chi connectivity index (χ4v) is 8.39. The van der Waals surface area contributed by atoms with Gasteiger partial charge in [-0.25, -0.2) is 4.79 Å². The van der Waals surface area contributed by atoms with Gasteiger partial charge in [0.1, 0.15) is 28.5 Å². The summed E-state index contributed by atoms with van der Waals surface area (Å²) in [5.74, 6) is -0.751. The first-order valence-electron chi connectivity index (χ1n) is 8.48. The molecule has 4 rings (SSSR count). The van der Waals surface area contributed by atoms with Gasteiger partial charge in [-0.1, -0.05) is 66.2 Å². The van der Waals surface area contributed by atoms with E-state index in [1.807, 2.05) is 91.0 Å². The molecule has 27 heavy (non-hydrogen) atoms. The summed E-state index contributed by atoms with van der Waals surface area (Å²) < 4.78 is 4.98. The summed E-state index contributed by atoms with van der Waals surface area (Å²) in [5.41, 5.74) is 0. The van der Waals surface area contributed by atoms with Crippen molar-refractivity contribution in [3.05, 3.63) is 101 Å². The molecule has 0 saturated heterocycles. The highest BCUT2D eigenvalue weighted by molar-refractivity contribution is 7.99. The third-order valence-corrected chi connectivity index (χ3v) is 9.50. The van der Waals surface area contributed by atoms with Crippen molar-refractivity contribution in [3.63, 3.8) is 0 Å². The summed E-state index contributed by atoms with van der Waals surface area (Å²) in [6.45, 7) is 0. The fraction of sp³-hybridized carbons (Fsp3) is 0.0455. The molecule has 0 bridgehead atoms. The number of carbonyl (C=O) groups excluding carboxylic acids is 1. The Morgan fingerprint density at radius 1 is 0.741 bits per heavy atom. The number of hydrogen-bond acceptors (Lipinski definition) is 3. The second kappa shape index (κ2) is 7.28. The van der Waals surface area contributed by atoms with Gasteiger partial charge in [0.05, 0.1) is 6.29 Å². The number of hydrogen-bond donors (Lipinski definition) is 0. The Kier molecular flexibility index (Phi) is 4.84. The molecule has 3 aromatic rings. The largest absolute Gasteiger partial charge is 0.815 e. The Labute approximate surface area is 163 Å². The second-order valence-corrected chi connectivity index (χ2v) is 9.86. The fourth-order valence-electron chi connectivity index (χ4n) is 3.54. The van der Waals surface area contributed by atoms with E-state index in [-0.39, 0.29) is 5.03 Å². The van der Waals surface area contributed by atoms with Crippen LogP contribution >= 0.6 is 18.9 Å². The van der Waals surface area contributed by atoms with Crippen LogP contribution in [0, 0.1) is 0 Å². The standard InChI is InChI=1S/C22H16ClO3P/c23-19-20(22(25)26-21(19)24)27(16-10-4-1-5-11-16,17-12-6-2-7-13-17)18-14-8-3-9-15-18/h1-15,22H. The maximum absolute atomic E-state index is 12.9. The van der Waals surface area contributed by atoms with E-state index in [2.05, 4.69) is 0 Å². The summed E-state index contributed by atoms with van der Waals surface area (Å²) in [5, 5.41) is 16.0. The van der Waals surface area contributed by atoms with Gasteiger partial charge in [-0.2, -0.15) is 0 Å². The van der Waals surface area contributed by atoms with E-state index < -0.39 is 19.5 Å². The lowest BCUT2D eigenvalue weighted by Gasteiger charge is -2.32. The van der Waals surface area contributed by atoms with Gasteiger partial charge in [0, 0.05) is 0 Å². The van der Waals surface area contributed by atoms with E-state index in [1.54, 1.807) is 0 Å². The molecular weight excluding hydrogens is 379 g/mol. The van der Waals surface area contributed by atoms with Crippen LogP contribution in [0.2, 0.25) is 0 Å². The maximum Gasteiger partial charge on any atom is 0.353 e. The lowest BCUT2D eigenvalue weighted by molar-refractivity contribution is -0.460. The van der Waals surface area contributed by atoms with Crippen LogP contribution in [0.15, 0.2) is 101 Å². The molecule has 0 saturated carbocycles. The second-order valence-electron chi connectivity index (χ2n) is 6.11. The molecule has 1 aliphatic heterocycles. The number of carbonyl (C=O) groups is 1. The average Bonchev–Trinajstić information content (AvgIpc) is 2.98. The van der Waals surface area contributed by atoms with Crippen LogP contribution in [0.5, 0.6) is 0 Å². The van der Waals surface area contributed by atoms with Crippen molar-refractivity contribution in [1.29, 1.82) is 0 Å². The quantitative estimate of drug-likeness (QED) is 0.505. The van der Waals surface area contributed by atoms with Gasteiger partial charge in [-0.05, 0) is 36.4 Å². The molecule has 3 aromatic carbocycles. The summed E-state index contributed by atoms with van der Waals surface area (Å²) in [4.78, 5) is 12.1. The van der Waals surface area contributed by atoms with E-state index >= 15 is 0 Å². The third kappa shape index (κ3) is 2.89. The van der Waals surface area contributed by atoms with Crippen LogP contribution in [0.25, 0.3) is 0 Å². The van der Waals surface area contributed by atoms with Crippen molar-refractivity contribution >= 4 is 40.7 Å². The Bertz CT molecular complexity index is 891. The summed E-state index contributed by atoms with van der Waals surface area (Å²) in [6, 6.07) is 29.3. The monoisotopic (exact) mass is 394 g/mol. The number of benzene rings is 3. The summed E-state index contributed by atoms with van der Waals surface area (Å²) in [7, 11) is -2.66. The number of ether oxygens (including phenoxy) is 1. The number of halogens is 1. The molecule has 0 amide bonds.